The Labute approximate surface area is 149 Å². The van der Waals surface area contributed by atoms with Crippen molar-refractivity contribution in [1.82, 2.24) is 4.98 Å². The van der Waals surface area contributed by atoms with Gasteiger partial charge in [-0.2, -0.15) is 5.26 Å². The van der Waals surface area contributed by atoms with E-state index in [1.807, 2.05) is 42.5 Å². The Morgan fingerprint density at radius 1 is 1.12 bits per heavy atom. The van der Waals surface area contributed by atoms with Crippen LogP contribution >= 0.6 is 11.6 Å². The quantitative estimate of drug-likeness (QED) is 0.490. The molecule has 0 aliphatic heterocycles. The number of halogens is 1. The molecular weight excluding hydrogens is 334 g/mol. The fourth-order valence-corrected chi connectivity index (χ4v) is 2.83. The summed E-state index contributed by atoms with van der Waals surface area (Å²) in [6, 6.07) is 21.3. The van der Waals surface area contributed by atoms with Crippen LogP contribution in [-0.2, 0) is 0 Å². The molecule has 25 heavy (non-hydrogen) atoms. The van der Waals surface area contributed by atoms with Crippen LogP contribution in [0.4, 0.5) is 5.69 Å². The van der Waals surface area contributed by atoms with Crippen molar-refractivity contribution in [3.63, 3.8) is 0 Å². The summed E-state index contributed by atoms with van der Waals surface area (Å²) in [7, 11) is 0. The molecule has 0 aliphatic carbocycles. The molecule has 0 amide bonds. The van der Waals surface area contributed by atoms with Crippen LogP contribution in [0, 0.1) is 11.3 Å². The smallest absolute Gasteiger partial charge is 0.239 e. The third-order valence-corrected chi connectivity index (χ3v) is 4.10. The molecule has 1 aromatic heterocycles. The van der Waals surface area contributed by atoms with E-state index in [0.717, 1.165) is 16.5 Å². The maximum atomic E-state index is 9.47. The second-order valence-electron chi connectivity index (χ2n) is 5.47. The summed E-state index contributed by atoms with van der Waals surface area (Å²) in [4.78, 5) is 4.34. The number of nitrogens with zero attached hydrogens (tertiary/aromatic N) is 2. The molecule has 0 aliphatic rings. The highest BCUT2D eigenvalue weighted by atomic mass is 35.5. The average Bonchev–Trinajstić information content (AvgIpc) is 3.05. The van der Waals surface area contributed by atoms with Crippen LogP contribution in [-0.4, -0.2) is 4.98 Å². The Bertz CT molecular complexity index is 1150. The van der Waals surface area contributed by atoms with Gasteiger partial charge in [0.25, 0.3) is 0 Å². The molecule has 4 rings (SSSR count). The molecule has 120 valence electrons. The zero-order valence-corrected chi connectivity index (χ0v) is 13.8. The van der Waals surface area contributed by atoms with Gasteiger partial charge in [-0.25, -0.2) is 4.98 Å². The molecule has 0 saturated carbocycles. The van der Waals surface area contributed by atoms with Crippen LogP contribution in [0.1, 0.15) is 5.89 Å². The average molecular weight is 346 g/mol. The third-order valence-electron chi connectivity index (χ3n) is 3.86. The molecule has 0 fully saturated rings. The number of benzene rings is 3. The van der Waals surface area contributed by atoms with Crippen LogP contribution in [0.3, 0.4) is 0 Å². The molecule has 0 atom stereocenters. The monoisotopic (exact) mass is 345 g/mol. The van der Waals surface area contributed by atoms with E-state index in [4.69, 9.17) is 16.0 Å². The Morgan fingerprint density at radius 3 is 2.84 bits per heavy atom. The number of rotatable bonds is 3. The summed E-state index contributed by atoms with van der Waals surface area (Å²) < 4.78 is 5.65. The van der Waals surface area contributed by atoms with Crippen LogP contribution in [0.2, 0.25) is 5.02 Å². The number of aromatic nitrogens is 1. The molecule has 4 aromatic rings. The van der Waals surface area contributed by atoms with Gasteiger partial charge in [0.15, 0.2) is 5.58 Å². The fourth-order valence-electron chi connectivity index (χ4n) is 2.66. The molecule has 0 spiro atoms. The Morgan fingerprint density at radius 2 is 1.96 bits per heavy atom. The highest BCUT2D eigenvalue weighted by molar-refractivity contribution is 6.31. The van der Waals surface area contributed by atoms with Crippen molar-refractivity contribution in [1.29, 1.82) is 5.26 Å². The summed E-state index contributed by atoms with van der Waals surface area (Å²) in [6.07, 6.45) is 1.61. The molecular formula is C20H12ClN3O. The van der Waals surface area contributed by atoms with Crippen molar-refractivity contribution in [2.24, 2.45) is 0 Å². The Kier molecular flexibility index (Phi) is 3.85. The van der Waals surface area contributed by atoms with Gasteiger partial charge < -0.3 is 9.73 Å². The van der Waals surface area contributed by atoms with E-state index < -0.39 is 0 Å². The van der Waals surface area contributed by atoms with Gasteiger partial charge in [0, 0.05) is 22.3 Å². The molecule has 5 heteroatoms. The normalized spacial score (nSPS) is 11.6. The van der Waals surface area contributed by atoms with E-state index in [1.165, 1.54) is 0 Å². The van der Waals surface area contributed by atoms with E-state index in [0.29, 0.717) is 21.7 Å². The first-order valence-electron chi connectivity index (χ1n) is 7.65. The second-order valence-corrected chi connectivity index (χ2v) is 5.91. The topological polar surface area (TPSA) is 61.9 Å². The molecule has 0 saturated heterocycles. The zero-order chi connectivity index (χ0) is 17.2. The summed E-state index contributed by atoms with van der Waals surface area (Å²) in [5, 5.41) is 15.4. The Balaban J connectivity index is 1.71. The van der Waals surface area contributed by atoms with Crippen LogP contribution in [0.15, 0.2) is 71.3 Å². The van der Waals surface area contributed by atoms with Gasteiger partial charge in [0.1, 0.15) is 17.2 Å². The van der Waals surface area contributed by atoms with Crippen molar-refractivity contribution < 1.29 is 4.42 Å². The van der Waals surface area contributed by atoms with Crippen LogP contribution < -0.4 is 5.32 Å². The lowest BCUT2D eigenvalue weighted by Crippen LogP contribution is -1.92. The number of anilines is 1. The number of nitriles is 1. The minimum atomic E-state index is 0.257. The van der Waals surface area contributed by atoms with Crippen molar-refractivity contribution in [3.8, 4) is 6.07 Å². The molecule has 3 aromatic carbocycles. The second kappa shape index (κ2) is 6.31. The minimum Gasteiger partial charge on any atom is -0.435 e. The maximum absolute atomic E-state index is 9.47. The standard InChI is InChI=1S/C20H12ClN3O/c21-15-8-9-19-18(10-15)24-20(25-19)14(11-22)12-23-17-7-3-5-13-4-1-2-6-16(13)17/h1-10,12,23H/b14-12+. The van der Waals surface area contributed by atoms with Gasteiger partial charge in [-0.15, -0.1) is 0 Å². The Hall–Kier alpha value is -3.29. The molecule has 1 N–H and O–H groups in total. The summed E-state index contributed by atoms with van der Waals surface area (Å²) in [5.74, 6) is 0.257. The summed E-state index contributed by atoms with van der Waals surface area (Å²) in [5.41, 5.74) is 2.42. The molecule has 0 unspecified atom stereocenters. The van der Waals surface area contributed by atoms with Gasteiger partial charge in [-0.1, -0.05) is 48.0 Å². The molecule has 1 heterocycles. The van der Waals surface area contributed by atoms with E-state index in [9.17, 15) is 5.26 Å². The van der Waals surface area contributed by atoms with E-state index in [-0.39, 0.29) is 5.89 Å². The van der Waals surface area contributed by atoms with Gasteiger partial charge >= 0.3 is 0 Å². The molecule has 4 nitrogen and oxygen atoms in total. The van der Waals surface area contributed by atoms with Gasteiger partial charge in [0.2, 0.25) is 5.89 Å². The van der Waals surface area contributed by atoms with Gasteiger partial charge in [0.05, 0.1) is 0 Å². The summed E-state index contributed by atoms with van der Waals surface area (Å²) >= 11 is 5.96. The number of hydrogen-bond donors (Lipinski definition) is 1. The van der Waals surface area contributed by atoms with E-state index in [2.05, 4.69) is 16.4 Å². The third kappa shape index (κ3) is 2.93. The summed E-state index contributed by atoms with van der Waals surface area (Å²) in [6.45, 7) is 0. The van der Waals surface area contributed by atoms with Gasteiger partial charge in [-0.05, 0) is 29.7 Å². The highest BCUT2D eigenvalue weighted by Crippen LogP contribution is 2.26. The van der Waals surface area contributed by atoms with Crippen LogP contribution in [0.5, 0.6) is 0 Å². The highest BCUT2D eigenvalue weighted by Gasteiger charge is 2.11. The van der Waals surface area contributed by atoms with Gasteiger partial charge in [-0.3, -0.25) is 0 Å². The number of oxazole rings is 1. The minimum absolute atomic E-state index is 0.257. The lowest BCUT2D eigenvalue weighted by Gasteiger charge is -2.06. The van der Waals surface area contributed by atoms with Crippen molar-refractivity contribution >= 4 is 44.7 Å². The van der Waals surface area contributed by atoms with E-state index >= 15 is 0 Å². The fraction of sp³-hybridized carbons (Fsp3) is 0. The first kappa shape index (κ1) is 15.3. The maximum Gasteiger partial charge on any atom is 0.239 e. The van der Waals surface area contributed by atoms with E-state index in [1.54, 1.807) is 24.4 Å². The largest absolute Gasteiger partial charge is 0.435 e. The molecule has 0 radical (unpaired) electrons. The number of nitrogens with one attached hydrogen (secondary N) is 1. The SMILES string of the molecule is N#C/C(=C\Nc1cccc2ccccc12)c1nc2cc(Cl)ccc2o1. The molecule has 0 bridgehead atoms. The number of fused-ring (bicyclic) bond motifs is 2. The number of allylic oxidation sites excluding steroid dienone is 1. The predicted octanol–water partition coefficient (Wildman–Crippen LogP) is 5.61. The lowest BCUT2D eigenvalue weighted by molar-refractivity contribution is 0.586. The predicted molar refractivity (Wildman–Crippen MR) is 100 cm³/mol. The van der Waals surface area contributed by atoms with Crippen molar-refractivity contribution in [2.45, 2.75) is 0 Å². The van der Waals surface area contributed by atoms with Crippen molar-refractivity contribution in [2.75, 3.05) is 5.32 Å². The first-order chi connectivity index (χ1) is 12.2. The number of hydrogen-bond acceptors (Lipinski definition) is 4. The van der Waals surface area contributed by atoms with Crippen LogP contribution in [0.25, 0.3) is 27.4 Å². The zero-order valence-electron chi connectivity index (χ0n) is 13.0. The van der Waals surface area contributed by atoms with Crippen molar-refractivity contribution in [3.05, 3.63) is 77.8 Å². The lowest BCUT2D eigenvalue weighted by atomic mass is 10.1. The first-order valence-corrected chi connectivity index (χ1v) is 8.03.